The number of carbonyl (C=O) groups is 2. The third kappa shape index (κ3) is 5.43. The Morgan fingerprint density at radius 3 is 2.45 bits per heavy atom. The second kappa shape index (κ2) is 8.59. The largest absolute Gasteiger partial charge is 0.490 e. The number of nitro groups is 1. The highest BCUT2D eigenvalue weighted by atomic mass is 19.4. The average Bonchev–Trinajstić information content (AvgIpc) is 2.66. The average molecular weight is 412 g/mol. The van der Waals surface area contributed by atoms with E-state index in [0.717, 1.165) is 24.3 Å². The smallest absolute Gasteiger partial charge is 0.416 e. The van der Waals surface area contributed by atoms with Crippen LogP contribution in [-0.4, -0.2) is 30.0 Å². The Morgan fingerprint density at radius 2 is 1.86 bits per heavy atom. The molecule has 0 aliphatic rings. The molecule has 0 heterocycles. The predicted octanol–water partition coefficient (Wildman–Crippen LogP) is 3.81. The fourth-order valence-corrected chi connectivity index (χ4v) is 2.26. The van der Waals surface area contributed by atoms with Crippen LogP contribution in [0.5, 0.6) is 5.75 Å². The van der Waals surface area contributed by atoms with Gasteiger partial charge in [0.15, 0.2) is 11.9 Å². The topological polar surface area (TPSA) is 108 Å². The van der Waals surface area contributed by atoms with Crippen LogP contribution in [0.1, 0.15) is 22.8 Å². The molecule has 0 spiro atoms. The van der Waals surface area contributed by atoms with Crippen LogP contribution in [0.15, 0.2) is 42.5 Å². The highest BCUT2D eigenvalue weighted by Gasteiger charge is 2.30. The number of hydrogen-bond acceptors (Lipinski definition) is 6. The number of hydrogen-bond donors (Lipinski definition) is 1. The van der Waals surface area contributed by atoms with Gasteiger partial charge in [0.1, 0.15) is 0 Å². The third-order valence-electron chi connectivity index (χ3n) is 3.72. The number of nitrogens with one attached hydrogen (secondary N) is 1. The van der Waals surface area contributed by atoms with Gasteiger partial charge in [-0.2, -0.15) is 13.2 Å². The monoisotopic (exact) mass is 412 g/mol. The summed E-state index contributed by atoms with van der Waals surface area (Å²) >= 11 is 0. The van der Waals surface area contributed by atoms with Crippen molar-refractivity contribution in [3.05, 3.63) is 63.7 Å². The maximum atomic E-state index is 12.7. The molecule has 0 aliphatic heterocycles. The molecular weight excluding hydrogens is 397 g/mol. The summed E-state index contributed by atoms with van der Waals surface area (Å²) in [6, 6.07) is 7.28. The second-order valence-electron chi connectivity index (χ2n) is 5.76. The summed E-state index contributed by atoms with van der Waals surface area (Å²) in [7, 11) is 1.22. The first-order valence-corrected chi connectivity index (χ1v) is 8.04. The molecule has 2 rings (SSSR count). The number of rotatable bonds is 6. The molecule has 1 atom stereocenters. The fourth-order valence-electron chi connectivity index (χ4n) is 2.26. The van der Waals surface area contributed by atoms with E-state index in [-0.39, 0.29) is 17.0 Å². The van der Waals surface area contributed by atoms with Crippen molar-refractivity contribution < 1.29 is 37.2 Å². The van der Waals surface area contributed by atoms with E-state index in [4.69, 9.17) is 9.47 Å². The quantitative estimate of drug-likeness (QED) is 0.439. The Kier molecular flexibility index (Phi) is 6.42. The fraction of sp³-hybridized carbons (Fsp3) is 0.222. The van der Waals surface area contributed by atoms with Gasteiger partial charge in [0.2, 0.25) is 0 Å². The van der Waals surface area contributed by atoms with E-state index in [9.17, 15) is 32.9 Å². The standard InChI is InChI=1S/C18H15F3N2O6/c1-10(16(24)22-13-5-3-4-12(9-13)18(19,20)21)29-17(25)11-6-7-15(28-2)14(8-11)23(26)27/h3-10H,1-2H3,(H,22,24)/t10-/m1/s1. The molecule has 29 heavy (non-hydrogen) atoms. The lowest BCUT2D eigenvalue weighted by Gasteiger charge is -2.15. The lowest BCUT2D eigenvalue weighted by Crippen LogP contribution is -2.30. The number of halogens is 3. The molecule has 0 saturated heterocycles. The van der Waals surface area contributed by atoms with Crippen molar-refractivity contribution in [3.8, 4) is 5.75 Å². The molecule has 11 heteroatoms. The van der Waals surface area contributed by atoms with Crippen LogP contribution in [0.2, 0.25) is 0 Å². The molecule has 0 aliphatic carbocycles. The molecule has 0 unspecified atom stereocenters. The van der Waals surface area contributed by atoms with E-state index in [0.29, 0.717) is 0 Å². The Labute approximate surface area is 162 Å². The Bertz CT molecular complexity index is 945. The molecule has 0 fully saturated rings. The van der Waals surface area contributed by atoms with Crippen molar-refractivity contribution >= 4 is 23.3 Å². The van der Waals surface area contributed by atoms with Crippen molar-refractivity contribution in [1.82, 2.24) is 0 Å². The Morgan fingerprint density at radius 1 is 1.17 bits per heavy atom. The zero-order chi connectivity index (χ0) is 21.8. The van der Waals surface area contributed by atoms with Gasteiger partial charge in [0, 0.05) is 11.8 Å². The van der Waals surface area contributed by atoms with Gasteiger partial charge in [-0.25, -0.2) is 4.79 Å². The SMILES string of the molecule is COc1ccc(C(=O)O[C@H](C)C(=O)Nc2cccc(C(F)(F)F)c2)cc1[N+](=O)[O-]. The van der Waals surface area contributed by atoms with Crippen molar-refractivity contribution in [2.24, 2.45) is 0 Å². The maximum Gasteiger partial charge on any atom is 0.416 e. The van der Waals surface area contributed by atoms with Gasteiger partial charge in [-0.15, -0.1) is 0 Å². The van der Waals surface area contributed by atoms with E-state index in [2.05, 4.69) is 5.32 Å². The van der Waals surface area contributed by atoms with Crippen molar-refractivity contribution in [2.75, 3.05) is 12.4 Å². The molecule has 0 bridgehead atoms. The number of amides is 1. The molecule has 2 aromatic carbocycles. The number of nitrogens with zero attached hydrogens (tertiary/aromatic N) is 1. The van der Waals surface area contributed by atoms with Crippen LogP contribution < -0.4 is 10.1 Å². The molecule has 1 N–H and O–H groups in total. The first-order chi connectivity index (χ1) is 13.5. The summed E-state index contributed by atoms with van der Waals surface area (Å²) in [5.74, 6) is -1.97. The van der Waals surface area contributed by atoms with Gasteiger partial charge in [-0.05, 0) is 37.3 Å². The predicted molar refractivity (Wildman–Crippen MR) is 94.6 cm³/mol. The molecule has 0 aromatic heterocycles. The minimum atomic E-state index is -4.58. The Hall–Kier alpha value is -3.63. The van der Waals surface area contributed by atoms with E-state index < -0.39 is 40.3 Å². The number of carbonyl (C=O) groups excluding carboxylic acids is 2. The number of nitro benzene ring substituents is 1. The maximum absolute atomic E-state index is 12.7. The third-order valence-corrected chi connectivity index (χ3v) is 3.72. The summed E-state index contributed by atoms with van der Waals surface area (Å²) in [5.41, 5.74) is -1.75. The number of ether oxygens (including phenoxy) is 2. The lowest BCUT2D eigenvalue weighted by molar-refractivity contribution is -0.385. The van der Waals surface area contributed by atoms with Crippen LogP contribution in [0, 0.1) is 10.1 Å². The Balaban J connectivity index is 2.09. The van der Waals surface area contributed by atoms with E-state index in [1.807, 2.05) is 0 Å². The normalized spacial score (nSPS) is 12.0. The first-order valence-electron chi connectivity index (χ1n) is 8.04. The number of esters is 1. The van der Waals surface area contributed by atoms with Gasteiger partial charge in [-0.1, -0.05) is 6.07 Å². The first kappa shape index (κ1) is 21.7. The summed E-state index contributed by atoms with van der Waals surface area (Å²) < 4.78 is 47.9. The number of methoxy groups -OCH3 is 1. The minimum Gasteiger partial charge on any atom is -0.490 e. The highest BCUT2D eigenvalue weighted by molar-refractivity contribution is 5.97. The molecule has 0 radical (unpaired) electrons. The van der Waals surface area contributed by atoms with Crippen molar-refractivity contribution in [3.63, 3.8) is 0 Å². The van der Waals surface area contributed by atoms with Crippen molar-refractivity contribution in [1.29, 1.82) is 0 Å². The molecule has 1 amide bonds. The molecule has 8 nitrogen and oxygen atoms in total. The van der Waals surface area contributed by atoms with E-state index in [1.165, 1.54) is 32.2 Å². The lowest BCUT2D eigenvalue weighted by atomic mass is 10.2. The molecule has 0 saturated carbocycles. The number of alkyl halides is 3. The van der Waals surface area contributed by atoms with Crippen LogP contribution in [0.3, 0.4) is 0 Å². The van der Waals surface area contributed by atoms with Crippen molar-refractivity contribution in [2.45, 2.75) is 19.2 Å². The number of anilines is 1. The van der Waals surface area contributed by atoms with Crippen LogP contribution in [0.4, 0.5) is 24.5 Å². The van der Waals surface area contributed by atoms with Gasteiger partial charge < -0.3 is 14.8 Å². The van der Waals surface area contributed by atoms with Gasteiger partial charge >= 0.3 is 17.8 Å². The zero-order valence-electron chi connectivity index (χ0n) is 15.1. The molecule has 2 aromatic rings. The summed E-state index contributed by atoms with van der Waals surface area (Å²) in [6.45, 7) is 1.21. The summed E-state index contributed by atoms with van der Waals surface area (Å²) in [5, 5.41) is 13.2. The van der Waals surface area contributed by atoms with Gasteiger partial charge in [0.25, 0.3) is 5.91 Å². The van der Waals surface area contributed by atoms with Gasteiger partial charge in [-0.3, -0.25) is 14.9 Å². The number of benzene rings is 2. The van der Waals surface area contributed by atoms with Gasteiger partial charge in [0.05, 0.1) is 23.2 Å². The zero-order valence-corrected chi connectivity index (χ0v) is 15.1. The van der Waals surface area contributed by atoms with Crippen LogP contribution in [0.25, 0.3) is 0 Å². The summed E-state index contributed by atoms with van der Waals surface area (Å²) in [4.78, 5) is 34.5. The summed E-state index contributed by atoms with van der Waals surface area (Å²) in [6.07, 6.45) is -5.96. The van der Waals surface area contributed by atoms with Crippen LogP contribution >= 0.6 is 0 Å². The highest BCUT2D eigenvalue weighted by Crippen LogP contribution is 2.31. The van der Waals surface area contributed by atoms with Crippen LogP contribution in [-0.2, 0) is 15.7 Å². The van der Waals surface area contributed by atoms with E-state index >= 15 is 0 Å². The van der Waals surface area contributed by atoms with E-state index in [1.54, 1.807) is 0 Å². The molecular formula is C18H15F3N2O6. The molecule has 154 valence electrons. The minimum absolute atomic E-state index is 0.0677. The second-order valence-corrected chi connectivity index (χ2v) is 5.76.